The molecule has 0 unspecified atom stereocenters. The molecule has 0 radical (unpaired) electrons. The second-order valence-corrected chi connectivity index (χ2v) is 4.33. The smallest absolute Gasteiger partial charge is 0.410 e. The number of ether oxygens (including phenoxy) is 1. The first kappa shape index (κ1) is 11.9. The molecule has 4 nitrogen and oxygen atoms in total. The number of hydrogen-bond donors (Lipinski definition) is 0. The maximum Gasteiger partial charge on any atom is 0.410 e. The van der Waals surface area contributed by atoms with Gasteiger partial charge in [-0.15, -0.1) is 0 Å². The van der Waals surface area contributed by atoms with Gasteiger partial charge in [0.05, 0.1) is 6.54 Å². The Hall–Kier alpha value is -1.55. The lowest BCUT2D eigenvalue weighted by molar-refractivity contribution is -0.116. The van der Waals surface area contributed by atoms with Crippen molar-refractivity contribution >= 4 is 23.5 Å². The highest BCUT2D eigenvalue weighted by Gasteiger charge is 2.24. The Balaban J connectivity index is 1.86. The first-order valence-corrected chi connectivity index (χ1v) is 5.71. The summed E-state index contributed by atoms with van der Waals surface area (Å²) in [6, 6.07) is 7.12. The normalized spacial score (nSPS) is 15.1. The molecule has 17 heavy (non-hydrogen) atoms. The van der Waals surface area contributed by atoms with Crippen molar-refractivity contribution in [3.8, 4) is 0 Å². The van der Waals surface area contributed by atoms with E-state index in [0.29, 0.717) is 18.0 Å². The zero-order valence-electron chi connectivity index (χ0n) is 9.19. The average molecular weight is 254 g/mol. The Morgan fingerprint density at radius 1 is 1.47 bits per heavy atom. The number of hydrogen-bond acceptors (Lipinski definition) is 3. The van der Waals surface area contributed by atoms with Gasteiger partial charge in [0.2, 0.25) is 0 Å². The van der Waals surface area contributed by atoms with Crippen LogP contribution in [0.2, 0.25) is 5.02 Å². The van der Waals surface area contributed by atoms with E-state index in [-0.39, 0.29) is 18.9 Å². The third kappa shape index (κ3) is 3.20. The van der Waals surface area contributed by atoms with Gasteiger partial charge in [-0.3, -0.25) is 4.79 Å². The van der Waals surface area contributed by atoms with E-state index in [0.717, 1.165) is 5.56 Å². The summed E-state index contributed by atoms with van der Waals surface area (Å²) >= 11 is 5.81. The summed E-state index contributed by atoms with van der Waals surface area (Å²) in [5.74, 6) is 0.0738. The second kappa shape index (κ2) is 5.19. The number of amides is 1. The summed E-state index contributed by atoms with van der Waals surface area (Å²) in [4.78, 5) is 24.0. The Bertz CT molecular complexity index is 447. The van der Waals surface area contributed by atoms with E-state index in [4.69, 9.17) is 16.3 Å². The van der Waals surface area contributed by atoms with Crippen molar-refractivity contribution in [3.05, 3.63) is 34.9 Å². The molecule has 0 bridgehead atoms. The van der Waals surface area contributed by atoms with Gasteiger partial charge < -0.3 is 9.64 Å². The Kier molecular flexibility index (Phi) is 3.64. The zero-order chi connectivity index (χ0) is 12.3. The Labute approximate surface area is 104 Å². The summed E-state index contributed by atoms with van der Waals surface area (Å²) in [6.45, 7) is 0.783. The van der Waals surface area contributed by atoms with Gasteiger partial charge in [0.25, 0.3) is 0 Å². The molecule has 0 saturated carbocycles. The molecular weight excluding hydrogens is 242 g/mol. The van der Waals surface area contributed by atoms with Gasteiger partial charge in [-0.25, -0.2) is 4.79 Å². The van der Waals surface area contributed by atoms with E-state index in [1.807, 2.05) is 6.07 Å². The number of carbonyl (C=O) groups excluding carboxylic acids is 2. The molecule has 0 aliphatic carbocycles. The lowest BCUT2D eigenvalue weighted by Crippen LogP contribution is -2.29. The van der Waals surface area contributed by atoms with Crippen molar-refractivity contribution in [2.24, 2.45) is 0 Å². The summed E-state index contributed by atoms with van der Waals surface area (Å²) < 4.78 is 5.09. The van der Waals surface area contributed by atoms with Crippen LogP contribution in [-0.4, -0.2) is 29.9 Å². The van der Waals surface area contributed by atoms with Gasteiger partial charge in [0, 0.05) is 18.0 Å². The molecule has 0 aromatic heterocycles. The van der Waals surface area contributed by atoms with Crippen LogP contribution in [0.1, 0.15) is 12.0 Å². The number of likely N-dealkylation sites (tertiary alicyclic amines) is 1. The molecular formula is C12H12ClNO3. The van der Waals surface area contributed by atoms with Gasteiger partial charge in [0.15, 0.2) is 5.78 Å². The van der Waals surface area contributed by atoms with E-state index in [2.05, 4.69) is 0 Å². The number of Topliss-reactive ketones (excluding diaryl/α,β-unsaturated/α-hetero) is 1. The number of benzene rings is 1. The molecule has 2 rings (SSSR count). The van der Waals surface area contributed by atoms with Crippen LogP contribution in [0, 0.1) is 0 Å². The molecule has 1 aromatic carbocycles. The topological polar surface area (TPSA) is 46.6 Å². The highest BCUT2D eigenvalue weighted by atomic mass is 35.5. The Morgan fingerprint density at radius 3 is 2.94 bits per heavy atom. The van der Waals surface area contributed by atoms with Crippen molar-refractivity contribution in [2.45, 2.75) is 13.0 Å². The zero-order valence-corrected chi connectivity index (χ0v) is 9.94. The molecule has 1 aliphatic rings. The molecule has 0 spiro atoms. The van der Waals surface area contributed by atoms with Gasteiger partial charge >= 0.3 is 6.09 Å². The molecule has 90 valence electrons. The third-order valence-corrected chi connectivity index (χ3v) is 2.77. The van der Waals surface area contributed by atoms with Gasteiger partial charge in [0.1, 0.15) is 6.61 Å². The van der Waals surface area contributed by atoms with Crippen LogP contribution in [0.15, 0.2) is 24.3 Å². The van der Waals surface area contributed by atoms with E-state index in [1.54, 1.807) is 18.2 Å². The van der Waals surface area contributed by atoms with Crippen LogP contribution in [0.25, 0.3) is 0 Å². The van der Waals surface area contributed by atoms with Gasteiger partial charge in [-0.1, -0.05) is 23.7 Å². The number of ketones is 1. The van der Waals surface area contributed by atoms with Crippen molar-refractivity contribution in [3.63, 3.8) is 0 Å². The first-order valence-electron chi connectivity index (χ1n) is 5.33. The van der Waals surface area contributed by atoms with Crippen LogP contribution >= 0.6 is 11.6 Å². The molecule has 5 heteroatoms. The van der Waals surface area contributed by atoms with E-state index >= 15 is 0 Å². The standard InChI is InChI=1S/C12H12ClNO3/c13-10-3-1-2-9(6-10)8-17-12(16)14-5-4-11(15)7-14/h1-3,6H,4-5,7-8H2. The highest BCUT2D eigenvalue weighted by molar-refractivity contribution is 6.30. The molecule has 1 aliphatic heterocycles. The first-order chi connectivity index (χ1) is 8.15. The highest BCUT2D eigenvalue weighted by Crippen LogP contribution is 2.13. The van der Waals surface area contributed by atoms with Crippen molar-refractivity contribution in [1.82, 2.24) is 4.90 Å². The van der Waals surface area contributed by atoms with Crippen LogP contribution in [-0.2, 0) is 16.1 Å². The predicted molar refractivity (Wildman–Crippen MR) is 62.8 cm³/mol. The Morgan fingerprint density at radius 2 is 2.29 bits per heavy atom. The fourth-order valence-electron chi connectivity index (χ4n) is 1.65. The number of rotatable bonds is 2. The minimum atomic E-state index is -0.448. The van der Waals surface area contributed by atoms with E-state index in [9.17, 15) is 9.59 Å². The van der Waals surface area contributed by atoms with E-state index < -0.39 is 6.09 Å². The maximum absolute atomic E-state index is 11.6. The predicted octanol–water partition coefficient (Wildman–Crippen LogP) is 2.25. The summed E-state index contributed by atoms with van der Waals surface area (Å²) in [5, 5.41) is 0.606. The number of carbonyl (C=O) groups is 2. The van der Waals surface area contributed by atoms with Crippen LogP contribution in [0.5, 0.6) is 0 Å². The second-order valence-electron chi connectivity index (χ2n) is 3.89. The van der Waals surface area contributed by atoms with Crippen molar-refractivity contribution in [1.29, 1.82) is 0 Å². The van der Waals surface area contributed by atoms with Crippen LogP contribution < -0.4 is 0 Å². The molecule has 1 fully saturated rings. The summed E-state index contributed by atoms with van der Waals surface area (Å²) in [6.07, 6.45) is -0.0254. The largest absolute Gasteiger partial charge is 0.445 e. The van der Waals surface area contributed by atoms with Crippen molar-refractivity contribution in [2.75, 3.05) is 13.1 Å². The molecule has 1 amide bonds. The minimum absolute atomic E-state index is 0.0738. The molecule has 0 atom stereocenters. The summed E-state index contributed by atoms with van der Waals surface area (Å²) in [7, 11) is 0. The molecule has 1 aromatic rings. The van der Waals surface area contributed by atoms with Crippen LogP contribution in [0.3, 0.4) is 0 Å². The van der Waals surface area contributed by atoms with Gasteiger partial charge in [-0.05, 0) is 17.7 Å². The maximum atomic E-state index is 11.6. The minimum Gasteiger partial charge on any atom is -0.445 e. The fourth-order valence-corrected chi connectivity index (χ4v) is 1.86. The molecule has 0 N–H and O–H groups in total. The average Bonchev–Trinajstić information content (AvgIpc) is 2.73. The van der Waals surface area contributed by atoms with Crippen LogP contribution in [0.4, 0.5) is 4.79 Å². The monoisotopic (exact) mass is 253 g/mol. The quantitative estimate of drug-likeness (QED) is 0.812. The van der Waals surface area contributed by atoms with Gasteiger partial charge in [-0.2, -0.15) is 0 Å². The van der Waals surface area contributed by atoms with E-state index in [1.165, 1.54) is 4.90 Å². The summed E-state index contributed by atoms with van der Waals surface area (Å²) in [5.41, 5.74) is 0.830. The molecule has 1 heterocycles. The number of nitrogens with zero attached hydrogens (tertiary/aromatic N) is 1. The third-order valence-electron chi connectivity index (χ3n) is 2.54. The lowest BCUT2D eigenvalue weighted by atomic mass is 10.2. The number of halogens is 1. The van der Waals surface area contributed by atoms with Crippen molar-refractivity contribution < 1.29 is 14.3 Å². The molecule has 1 saturated heterocycles. The fraction of sp³-hybridized carbons (Fsp3) is 0.333. The lowest BCUT2D eigenvalue weighted by Gasteiger charge is -2.14. The SMILES string of the molecule is O=C1CCN(C(=O)OCc2cccc(Cl)c2)C1.